The van der Waals surface area contributed by atoms with Crippen LogP contribution in [0.4, 0.5) is 0 Å². The summed E-state index contributed by atoms with van der Waals surface area (Å²) in [6.45, 7) is 7.92. The molecule has 0 atom stereocenters. The molecule has 1 aliphatic rings. The van der Waals surface area contributed by atoms with Gasteiger partial charge in [0.1, 0.15) is 0 Å². The Hall–Kier alpha value is -0.860. The molecule has 0 spiro atoms. The van der Waals surface area contributed by atoms with Crippen molar-refractivity contribution >= 4 is 0 Å². The lowest BCUT2D eigenvalue weighted by Crippen LogP contribution is -2.29. The van der Waals surface area contributed by atoms with Crippen LogP contribution in [0.1, 0.15) is 37.8 Å². The van der Waals surface area contributed by atoms with Gasteiger partial charge in [-0.3, -0.25) is 4.90 Å². The predicted molar refractivity (Wildman–Crippen MR) is 77.5 cm³/mol. The van der Waals surface area contributed by atoms with Gasteiger partial charge in [0.15, 0.2) is 0 Å². The highest BCUT2D eigenvalue weighted by Gasteiger charge is 2.29. The Morgan fingerprint density at radius 1 is 1.28 bits per heavy atom. The number of hydrogen-bond acceptors (Lipinski definition) is 2. The molecular formula is C16H26N2. The van der Waals surface area contributed by atoms with E-state index in [9.17, 15) is 0 Å². The van der Waals surface area contributed by atoms with E-state index in [1.807, 2.05) is 7.05 Å². The molecule has 0 amide bonds. The van der Waals surface area contributed by atoms with E-state index in [0.717, 1.165) is 25.0 Å². The largest absolute Gasteiger partial charge is 0.316 e. The van der Waals surface area contributed by atoms with Gasteiger partial charge in [-0.25, -0.2) is 0 Å². The molecule has 1 aromatic rings. The molecule has 18 heavy (non-hydrogen) atoms. The second kappa shape index (κ2) is 6.35. The van der Waals surface area contributed by atoms with Crippen molar-refractivity contribution < 1.29 is 0 Å². The Bertz CT molecular complexity index is 369. The molecule has 100 valence electrons. The molecular weight excluding hydrogens is 220 g/mol. The standard InChI is InChI=1S/C16H26N2/c1-13(2)11-18(16-7-8-16)12-15-6-4-5-14(9-15)10-17-3/h4-6,9,13,16-17H,7-8,10-12H2,1-3H3. The number of nitrogens with one attached hydrogen (secondary N) is 1. The van der Waals surface area contributed by atoms with E-state index in [-0.39, 0.29) is 0 Å². The molecule has 1 saturated carbocycles. The summed E-state index contributed by atoms with van der Waals surface area (Å²) in [6, 6.07) is 9.83. The molecule has 0 radical (unpaired) electrons. The predicted octanol–water partition coefficient (Wildman–Crippen LogP) is 3.03. The van der Waals surface area contributed by atoms with Crippen LogP contribution < -0.4 is 5.32 Å². The summed E-state index contributed by atoms with van der Waals surface area (Å²) in [7, 11) is 2.00. The highest BCUT2D eigenvalue weighted by Crippen LogP contribution is 2.29. The Kier molecular flexibility index (Phi) is 4.79. The van der Waals surface area contributed by atoms with E-state index >= 15 is 0 Å². The first-order chi connectivity index (χ1) is 8.69. The monoisotopic (exact) mass is 246 g/mol. The third-order valence-corrected chi connectivity index (χ3v) is 3.42. The van der Waals surface area contributed by atoms with Gasteiger partial charge in [-0.15, -0.1) is 0 Å². The lowest BCUT2D eigenvalue weighted by atomic mass is 10.1. The van der Waals surface area contributed by atoms with E-state index < -0.39 is 0 Å². The minimum atomic E-state index is 0.756. The second-order valence-corrected chi connectivity index (χ2v) is 5.90. The summed E-state index contributed by atoms with van der Waals surface area (Å²) in [5, 5.41) is 3.22. The van der Waals surface area contributed by atoms with Crippen LogP contribution in [-0.2, 0) is 13.1 Å². The maximum Gasteiger partial charge on any atom is 0.0236 e. The van der Waals surface area contributed by atoms with Crippen molar-refractivity contribution in [3.63, 3.8) is 0 Å². The fraction of sp³-hybridized carbons (Fsp3) is 0.625. The Balaban J connectivity index is 1.99. The highest BCUT2D eigenvalue weighted by atomic mass is 15.2. The number of nitrogens with zero attached hydrogens (tertiary/aromatic N) is 1. The average molecular weight is 246 g/mol. The van der Waals surface area contributed by atoms with Crippen LogP contribution in [0.3, 0.4) is 0 Å². The second-order valence-electron chi connectivity index (χ2n) is 5.90. The first kappa shape index (κ1) is 13.6. The number of benzene rings is 1. The minimum Gasteiger partial charge on any atom is -0.316 e. The normalized spacial score (nSPS) is 15.6. The van der Waals surface area contributed by atoms with Crippen molar-refractivity contribution in [3.8, 4) is 0 Å². The lowest BCUT2D eigenvalue weighted by Gasteiger charge is -2.24. The summed E-state index contributed by atoms with van der Waals surface area (Å²) in [5.41, 5.74) is 2.84. The molecule has 0 saturated heterocycles. The molecule has 0 heterocycles. The van der Waals surface area contributed by atoms with E-state index in [1.54, 1.807) is 0 Å². The van der Waals surface area contributed by atoms with Gasteiger partial charge >= 0.3 is 0 Å². The van der Waals surface area contributed by atoms with Gasteiger partial charge in [0.05, 0.1) is 0 Å². The van der Waals surface area contributed by atoms with Crippen LogP contribution in [0.2, 0.25) is 0 Å². The first-order valence-electron chi connectivity index (χ1n) is 7.15. The maximum atomic E-state index is 3.22. The van der Waals surface area contributed by atoms with Gasteiger partial charge in [-0.05, 0) is 36.9 Å². The van der Waals surface area contributed by atoms with Crippen LogP contribution in [0, 0.1) is 5.92 Å². The summed E-state index contributed by atoms with van der Waals surface area (Å²) < 4.78 is 0. The van der Waals surface area contributed by atoms with E-state index in [1.165, 1.54) is 30.5 Å². The molecule has 0 aliphatic heterocycles. The molecule has 0 unspecified atom stereocenters. The van der Waals surface area contributed by atoms with Crippen molar-refractivity contribution in [3.05, 3.63) is 35.4 Å². The summed E-state index contributed by atoms with van der Waals surface area (Å²) in [4.78, 5) is 2.66. The summed E-state index contributed by atoms with van der Waals surface area (Å²) in [5.74, 6) is 0.756. The van der Waals surface area contributed by atoms with Crippen molar-refractivity contribution in [2.75, 3.05) is 13.6 Å². The van der Waals surface area contributed by atoms with Crippen molar-refractivity contribution in [1.82, 2.24) is 10.2 Å². The van der Waals surface area contributed by atoms with E-state index in [0.29, 0.717) is 0 Å². The Morgan fingerprint density at radius 3 is 2.61 bits per heavy atom. The molecule has 0 aromatic heterocycles. The molecule has 1 fully saturated rings. The molecule has 1 N–H and O–H groups in total. The van der Waals surface area contributed by atoms with Gasteiger partial charge in [-0.2, -0.15) is 0 Å². The summed E-state index contributed by atoms with van der Waals surface area (Å²) >= 11 is 0. The third kappa shape index (κ3) is 4.11. The minimum absolute atomic E-state index is 0.756. The molecule has 1 aromatic carbocycles. The van der Waals surface area contributed by atoms with Gasteiger partial charge in [0.2, 0.25) is 0 Å². The van der Waals surface area contributed by atoms with Crippen LogP contribution in [0.25, 0.3) is 0 Å². The fourth-order valence-electron chi connectivity index (χ4n) is 2.53. The third-order valence-electron chi connectivity index (χ3n) is 3.42. The lowest BCUT2D eigenvalue weighted by molar-refractivity contribution is 0.226. The van der Waals surface area contributed by atoms with Crippen molar-refractivity contribution in [2.45, 2.75) is 45.8 Å². The molecule has 1 aliphatic carbocycles. The SMILES string of the molecule is CNCc1cccc(CN(CC(C)C)C2CC2)c1. The average Bonchev–Trinajstić information content (AvgIpc) is 3.12. The molecule has 0 bridgehead atoms. The Morgan fingerprint density at radius 2 is 2.00 bits per heavy atom. The zero-order valence-electron chi connectivity index (χ0n) is 11.9. The topological polar surface area (TPSA) is 15.3 Å². The van der Waals surface area contributed by atoms with E-state index in [2.05, 4.69) is 48.3 Å². The molecule has 2 rings (SSSR count). The van der Waals surface area contributed by atoms with Gasteiger partial charge in [0.25, 0.3) is 0 Å². The smallest absolute Gasteiger partial charge is 0.0236 e. The van der Waals surface area contributed by atoms with Gasteiger partial charge in [-0.1, -0.05) is 38.1 Å². The summed E-state index contributed by atoms with van der Waals surface area (Å²) in [6.07, 6.45) is 2.78. The highest BCUT2D eigenvalue weighted by molar-refractivity contribution is 5.23. The van der Waals surface area contributed by atoms with Crippen molar-refractivity contribution in [1.29, 1.82) is 0 Å². The zero-order valence-corrected chi connectivity index (χ0v) is 11.9. The quantitative estimate of drug-likeness (QED) is 0.795. The van der Waals surface area contributed by atoms with Crippen LogP contribution in [0.15, 0.2) is 24.3 Å². The molecule has 2 heteroatoms. The van der Waals surface area contributed by atoms with Crippen LogP contribution in [0.5, 0.6) is 0 Å². The van der Waals surface area contributed by atoms with Gasteiger partial charge < -0.3 is 5.32 Å². The molecule has 2 nitrogen and oxygen atoms in total. The maximum absolute atomic E-state index is 3.22. The Labute approximate surface area is 111 Å². The fourth-order valence-corrected chi connectivity index (χ4v) is 2.53. The van der Waals surface area contributed by atoms with E-state index in [4.69, 9.17) is 0 Å². The van der Waals surface area contributed by atoms with Crippen molar-refractivity contribution in [2.24, 2.45) is 5.92 Å². The number of hydrogen-bond donors (Lipinski definition) is 1. The zero-order chi connectivity index (χ0) is 13.0. The van der Waals surface area contributed by atoms with Crippen LogP contribution >= 0.6 is 0 Å². The first-order valence-corrected chi connectivity index (χ1v) is 7.15. The van der Waals surface area contributed by atoms with Gasteiger partial charge in [0, 0.05) is 25.7 Å². The number of rotatable bonds is 7. The van der Waals surface area contributed by atoms with Crippen LogP contribution in [-0.4, -0.2) is 24.5 Å².